The van der Waals surface area contributed by atoms with Gasteiger partial charge in [-0.25, -0.2) is 0 Å². The van der Waals surface area contributed by atoms with E-state index in [-0.39, 0.29) is 6.04 Å². The van der Waals surface area contributed by atoms with Crippen molar-refractivity contribution in [3.8, 4) is 0 Å². The Hall–Kier alpha value is -0.610. The highest BCUT2D eigenvalue weighted by atomic mass is 16.4. The zero-order valence-electron chi connectivity index (χ0n) is 11.3. The normalized spacial score (nSPS) is 22.6. The molecule has 0 heterocycles. The van der Waals surface area contributed by atoms with Crippen LogP contribution in [0.2, 0.25) is 0 Å². The first-order valence-corrected chi connectivity index (χ1v) is 6.66. The molecule has 0 saturated heterocycles. The predicted molar refractivity (Wildman–Crippen MR) is 68.9 cm³/mol. The lowest BCUT2D eigenvalue weighted by Gasteiger charge is -2.36. The highest BCUT2D eigenvalue weighted by Gasteiger charge is 2.34. The fourth-order valence-electron chi connectivity index (χ4n) is 2.98. The van der Waals surface area contributed by atoms with Gasteiger partial charge in [0.15, 0.2) is 0 Å². The minimum absolute atomic E-state index is 0.231. The molecule has 0 radical (unpaired) electrons. The number of hydrogen-bond donors (Lipinski definition) is 2. The molecule has 0 aromatic heterocycles. The minimum Gasteiger partial charge on any atom is -0.480 e. The van der Waals surface area contributed by atoms with Gasteiger partial charge in [-0.05, 0) is 39.7 Å². The van der Waals surface area contributed by atoms with Crippen LogP contribution in [0.25, 0.3) is 0 Å². The van der Waals surface area contributed by atoms with Crippen molar-refractivity contribution in [1.29, 1.82) is 0 Å². The van der Waals surface area contributed by atoms with Crippen LogP contribution >= 0.6 is 0 Å². The number of carbonyl (C=O) groups is 1. The van der Waals surface area contributed by atoms with Crippen molar-refractivity contribution in [1.82, 2.24) is 4.90 Å². The Morgan fingerprint density at radius 1 is 1.53 bits per heavy atom. The first-order valence-electron chi connectivity index (χ1n) is 6.66. The molecule has 2 unspecified atom stereocenters. The standard InChI is InChI=1S/C13H26N2O2/c1-4-15(11-7-5-6-8-11)10(2)9-13(3,14)12(16)17/h10-11H,4-9,14H2,1-3H3,(H,16,17). The van der Waals surface area contributed by atoms with Gasteiger partial charge in [-0.3, -0.25) is 9.69 Å². The van der Waals surface area contributed by atoms with E-state index in [0.29, 0.717) is 12.5 Å². The van der Waals surface area contributed by atoms with Gasteiger partial charge in [0, 0.05) is 12.1 Å². The Bertz CT molecular complexity index is 260. The van der Waals surface area contributed by atoms with E-state index in [2.05, 4.69) is 18.7 Å². The highest BCUT2D eigenvalue weighted by molar-refractivity contribution is 5.77. The van der Waals surface area contributed by atoms with Gasteiger partial charge in [0.25, 0.3) is 0 Å². The quantitative estimate of drug-likeness (QED) is 0.745. The zero-order valence-corrected chi connectivity index (χ0v) is 11.3. The third-order valence-electron chi connectivity index (χ3n) is 3.93. The molecule has 100 valence electrons. The Morgan fingerprint density at radius 2 is 2.06 bits per heavy atom. The molecule has 0 bridgehead atoms. The van der Waals surface area contributed by atoms with Crippen molar-refractivity contribution in [3.63, 3.8) is 0 Å². The molecule has 0 aliphatic heterocycles. The molecule has 1 aliphatic rings. The third-order valence-corrected chi connectivity index (χ3v) is 3.93. The lowest BCUT2D eigenvalue weighted by atomic mass is 9.93. The summed E-state index contributed by atoms with van der Waals surface area (Å²) in [6.45, 7) is 6.81. The molecule has 1 fully saturated rings. The number of aliphatic carboxylic acids is 1. The van der Waals surface area contributed by atoms with Gasteiger partial charge in [-0.2, -0.15) is 0 Å². The predicted octanol–water partition coefficient (Wildman–Crippen LogP) is 1.83. The summed E-state index contributed by atoms with van der Waals surface area (Å²) >= 11 is 0. The second-order valence-electron chi connectivity index (χ2n) is 5.54. The van der Waals surface area contributed by atoms with Crippen molar-refractivity contribution < 1.29 is 9.90 Å². The molecule has 3 N–H and O–H groups in total. The van der Waals surface area contributed by atoms with Crippen LogP contribution in [0.1, 0.15) is 52.9 Å². The van der Waals surface area contributed by atoms with Crippen LogP contribution in [0.5, 0.6) is 0 Å². The van der Waals surface area contributed by atoms with E-state index in [4.69, 9.17) is 10.8 Å². The Morgan fingerprint density at radius 3 is 2.47 bits per heavy atom. The number of nitrogens with zero attached hydrogens (tertiary/aromatic N) is 1. The fourth-order valence-corrected chi connectivity index (χ4v) is 2.98. The van der Waals surface area contributed by atoms with Gasteiger partial charge >= 0.3 is 5.97 Å². The van der Waals surface area contributed by atoms with Crippen LogP contribution in [0.3, 0.4) is 0 Å². The first-order chi connectivity index (χ1) is 7.88. The summed E-state index contributed by atoms with van der Waals surface area (Å²) in [4.78, 5) is 13.5. The number of hydrogen-bond acceptors (Lipinski definition) is 3. The molecular formula is C13H26N2O2. The van der Waals surface area contributed by atoms with Crippen LogP contribution in [0.15, 0.2) is 0 Å². The molecule has 1 rings (SSSR count). The molecule has 17 heavy (non-hydrogen) atoms. The Labute approximate surface area is 104 Å². The number of carboxylic acids is 1. The summed E-state index contributed by atoms with van der Waals surface area (Å²) in [5.74, 6) is -0.910. The van der Waals surface area contributed by atoms with E-state index in [9.17, 15) is 4.79 Å². The summed E-state index contributed by atoms with van der Waals surface area (Å²) in [6, 6.07) is 0.855. The van der Waals surface area contributed by atoms with Gasteiger partial charge in [0.2, 0.25) is 0 Å². The molecule has 4 heteroatoms. The van der Waals surface area contributed by atoms with Crippen molar-refractivity contribution >= 4 is 5.97 Å². The first kappa shape index (κ1) is 14.5. The second-order valence-corrected chi connectivity index (χ2v) is 5.54. The van der Waals surface area contributed by atoms with Crippen molar-refractivity contribution in [2.75, 3.05) is 6.54 Å². The summed E-state index contributed by atoms with van der Waals surface area (Å²) < 4.78 is 0. The maximum Gasteiger partial charge on any atom is 0.323 e. The molecular weight excluding hydrogens is 216 g/mol. The van der Waals surface area contributed by atoms with Crippen LogP contribution in [-0.4, -0.2) is 40.1 Å². The van der Waals surface area contributed by atoms with E-state index in [1.54, 1.807) is 6.92 Å². The summed E-state index contributed by atoms with van der Waals surface area (Å²) in [5, 5.41) is 9.07. The average Bonchev–Trinajstić information content (AvgIpc) is 2.71. The zero-order chi connectivity index (χ0) is 13.1. The number of nitrogens with two attached hydrogens (primary N) is 1. The Kier molecular flexibility index (Phi) is 4.95. The van der Waals surface area contributed by atoms with Gasteiger partial charge in [0.1, 0.15) is 5.54 Å². The monoisotopic (exact) mass is 242 g/mol. The average molecular weight is 242 g/mol. The SMILES string of the molecule is CCN(C(C)CC(C)(N)C(=O)O)C1CCCC1. The lowest BCUT2D eigenvalue weighted by molar-refractivity contribution is -0.143. The second kappa shape index (κ2) is 5.83. The smallest absolute Gasteiger partial charge is 0.323 e. The topological polar surface area (TPSA) is 66.6 Å². The molecule has 0 amide bonds. The van der Waals surface area contributed by atoms with E-state index in [1.807, 2.05) is 0 Å². The third kappa shape index (κ3) is 3.68. The van der Waals surface area contributed by atoms with E-state index in [0.717, 1.165) is 6.54 Å². The van der Waals surface area contributed by atoms with Crippen LogP contribution in [0, 0.1) is 0 Å². The van der Waals surface area contributed by atoms with Gasteiger partial charge in [-0.1, -0.05) is 19.8 Å². The number of rotatable bonds is 6. The maximum absolute atomic E-state index is 11.0. The summed E-state index contributed by atoms with van der Waals surface area (Å²) in [6.07, 6.45) is 5.59. The van der Waals surface area contributed by atoms with E-state index < -0.39 is 11.5 Å². The van der Waals surface area contributed by atoms with Gasteiger partial charge in [0.05, 0.1) is 0 Å². The summed E-state index contributed by atoms with van der Waals surface area (Å²) in [5.41, 5.74) is 4.71. The highest BCUT2D eigenvalue weighted by Crippen LogP contribution is 2.27. The van der Waals surface area contributed by atoms with E-state index >= 15 is 0 Å². The van der Waals surface area contributed by atoms with E-state index in [1.165, 1.54) is 25.7 Å². The maximum atomic E-state index is 11.0. The molecule has 0 aromatic carbocycles. The van der Waals surface area contributed by atoms with Gasteiger partial charge in [-0.15, -0.1) is 0 Å². The molecule has 0 spiro atoms. The van der Waals surface area contributed by atoms with Crippen molar-refractivity contribution in [3.05, 3.63) is 0 Å². The van der Waals surface area contributed by atoms with Gasteiger partial charge < -0.3 is 10.8 Å². The summed E-state index contributed by atoms with van der Waals surface area (Å²) in [7, 11) is 0. The molecule has 1 aliphatic carbocycles. The number of carboxylic acid groups (broad SMARTS) is 1. The molecule has 4 nitrogen and oxygen atoms in total. The fraction of sp³-hybridized carbons (Fsp3) is 0.923. The largest absolute Gasteiger partial charge is 0.480 e. The van der Waals surface area contributed by atoms with Crippen LogP contribution < -0.4 is 5.73 Å². The van der Waals surface area contributed by atoms with Crippen molar-refractivity contribution in [2.24, 2.45) is 5.73 Å². The minimum atomic E-state index is -1.12. The lowest BCUT2D eigenvalue weighted by Crippen LogP contribution is -2.51. The Balaban J connectivity index is 2.60. The van der Waals surface area contributed by atoms with Crippen LogP contribution in [-0.2, 0) is 4.79 Å². The van der Waals surface area contributed by atoms with Crippen molar-refractivity contribution in [2.45, 2.75) is 70.5 Å². The molecule has 0 aromatic rings. The van der Waals surface area contributed by atoms with Crippen LogP contribution in [0.4, 0.5) is 0 Å². The molecule has 1 saturated carbocycles. The molecule has 2 atom stereocenters.